The number of ether oxygens (including phenoxy) is 1. The number of aliphatic carboxylic acids is 1. The highest BCUT2D eigenvalue weighted by atomic mass is 19.4. The molecule has 1 aromatic heterocycles. The average molecular weight is 794 g/mol. The van der Waals surface area contributed by atoms with Gasteiger partial charge in [-0.2, -0.15) is 13.2 Å². The number of unbranched alkanes of at least 4 members (excludes halogenated alkanes) is 4. The molecule has 0 aliphatic heterocycles. The molecule has 4 aromatic carbocycles. The molecule has 1 amide bonds. The number of amides is 1. The van der Waals surface area contributed by atoms with Gasteiger partial charge in [-0.1, -0.05) is 126 Å². The largest absolute Gasteiger partial charge is 0.494 e. The molecule has 0 aliphatic carbocycles. The van der Waals surface area contributed by atoms with Crippen LogP contribution in [0.15, 0.2) is 109 Å². The molecule has 1 unspecified atom stereocenters. The van der Waals surface area contributed by atoms with Gasteiger partial charge < -0.3 is 15.2 Å². The van der Waals surface area contributed by atoms with Crippen molar-refractivity contribution in [3.63, 3.8) is 0 Å². The molecule has 2 N–H and O–H groups in total. The van der Waals surface area contributed by atoms with Crippen LogP contribution in [0.1, 0.15) is 105 Å². The van der Waals surface area contributed by atoms with Crippen molar-refractivity contribution in [1.29, 1.82) is 0 Å². The van der Waals surface area contributed by atoms with Crippen LogP contribution in [-0.2, 0) is 27.6 Å². The number of hydrogen-bond acceptors (Lipinski definition) is 6. The first-order valence-electron chi connectivity index (χ1n) is 19.6. The van der Waals surface area contributed by atoms with Crippen LogP contribution in [0.5, 0.6) is 5.75 Å². The van der Waals surface area contributed by atoms with Gasteiger partial charge in [-0.15, -0.1) is 0 Å². The molecule has 11 heteroatoms. The molecule has 304 valence electrons. The van der Waals surface area contributed by atoms with Crippen LogP contribution in [0.3, 0.4) is 0 Å². The summed E-state index contributed by atoms with van der Waals surface area (Å²) in [5.41, 5.74) is 3.51. The number of hydrogen-bond donors (Lipinski definition) is 2. The van der Waals surface area contributed by atoms with Crippen molar-refractivity contribution < 1.29 is 37.4 Å². The zero-order valence-electron chi connectivity index (χ0n) is 33.3. The Hall–Kier alpha value is -5.84. The van der Waals surface area contributed by atoms with E-state index in [4.69, 9.17) is 4.74 Å². The smallest absolute Gasteiger partial charge is 0.416 e. The topological polar surface area (TPSA) is 118 Å². The number of halogens is 3. The number of rotatable bonds is 18. The van der Waals surface area contributed by atoms with E-state index in [1.165, 1.54) is 19.3 Å². The minimum atomic E-state index is -4.61. The van der Waals surface area contributed by atoms with E-state index in [2.05, 4.69) is 43.0 Å². The predicted molar refractivity (Wildman–Crippen MR) is 218 cm³/mol. The number of aromatic nitrogens is 2. The maximum Gasteiger partial charge on any atom is 0.416 e. The van der Waals surface area contributed by atoms with E-state index in [1.54, 1.807) is 36.7 Å². The molecule has 0 bridgehead atoms. The van der Waals surface area contributed by atoms with E-state index in [1.807, 2.05) is 48.5 Å². The summed E-state index contributed by atoms with van der Waals surface area (Å²) in [6, 6.07) is 24.1. The number of alkyl halides is 3. The van der Waals surface area contributed by atoms with E-state index in [9.17, 15) is 32.7 Å². The van der Waals surface area contributed by atoms with Crippen molar-refractivity contribution in [3.8, 4) is 28.3 Å². The third-order valence-corrected chi connectivity index (χ3v) is 10.0. The molecule has 5 rings (SSSR count). The van der Waals surface area contributed by atoms with Crippen LogP contribution in [-0.4, -0.2) is 39.3 Å². The number of benzene rings is 4. The fraction of sp³-hybridized carbons (Fsp3) is 0.340. The van der Waals surface area contributed by atoms with Gasteiger partial charge in [0.15, 0.2) is 17.6 Å². The summed E-state index contributed by atoms with van der Waals surface area (Å²) in [4.78, 5) is 48.8. The van der Waals surface area contributed by atoms with Crippen LogP contribution in [0, 0.1) is 5.92 Å². The maximum atomic E-state index is 13.8. The quantitative estimate of drug-likeness (QED) is 0.0670. The molecule has 5 aromatic rings. The first-order chi connectivity index (χ1) is 27.6. The lowest BCUT2D eigenvalue weighted by Gasteiger charge is -2.22. The zero-order chi connectivity index (χ0) is 41.9. The molecule has 0 spiro atoms. The first-order valence-corrected chi connectivity index (χ1v) is 19.6. The number of Topliss-reactive ketones (excluding diaryl/α,β-unsaturated/α-hetero) is 1. The standard InChI is InChI=1S/C47H50F3N3O5/c1-5-6-7-8-9-26-58-40-24-18-32(19-25-40)37-29-51-43(52-30-37)35-12-10-31(11-13-35)27-36(28-41(54)33-14-20-38(21-15-33)46(2,3)4)44(55)53-42(45(56)57)34-16-22-39(23-17-34)47(48,49)50/h10-25,29-30,36,42H,5-9,26-28H2,1-4H3,(H,53,55)(H,56,57)/t36-,42?/m1/s1. The van der Waals surface area contributed by atoms with Gasteiger partial charge in [-0.05, 0) is 64.8 Å². The second kappa shape index (κ2) is 19.5. The summed E-state index contributed by atoms with van der Waals surface area (Å²) >= 11 is 0. The second-order valence-corrected chi connectivity index (χ2v) is 15.5. The SMILES string of the molecule is CCCCCCCOc1ccc(-c2cnc(-c3ccc(C[C@H](CC(=O)c4ccc(C(C)(C)C)cc4)C(=O)NC(C(=O)O)c4ccc(C(F)(F)F)cc4)cc3)nc2)cc1. The predicted octanol–water partition coefficient (Wildman–Crippen LogP) is 10.8. The van der Waals surface area contributed by atoms with Gasteiger partial charge in [0.2, 0.25) is 5.91 Å². The van der Waals surface area contributed by atoms with Gasteiger partial charge in [-0.3, -0.25) is 9.59 Å². The zero-order valence-corrected chi connectivity index (χ0v) is 33.3. The number of nitrogens with zero attached hydrogens (tertiary/aromatic N) is 2. The summed E-state index contributed by atoms with van der Waals surface area (Å²) in [5.74, 6) is -2.20. The Bertz CT molecular complexity index is 2110. The summed E-state index contributed by atoms with van der Waals surface area (Å²) in [6.45, 7) is 9.05. The number of nitrogens with one attached hydrogen (secondary N) is 1. The molecular weight excluding hydrogens is 744 g/mol. The molecule has 8 nitrogen and oxygen atoms in total. The maximum absolute atomic E-state index is 13.8. The van der Waals surface area contributed by atoms with Gasteiger partial charge in [0, 0.05) is 41.4 Å². The molecular formula is C47H50F3N3O5. The molecule has 0 saturated heterocycles. The molecule has 2 atom stereocenters. The highest BCUT2D eigenvalue weighted by molar-refractivity contribution is 5.99. The van der Waals surface area contributed by atoms with E-state index in [-0.39, 0.29) is 29.6 Å². The summed E-state index contributed by atoms with van der Waals surface area (Å²) in [7, 11) is 0. The summed E-state index contributed by atoms with van der Waals surface area (Å²) in [6.07, 6.45) is 4.60. The molecule has 58 heavy (non-hydrogen) atoms. The van der Waals surface area contributed by atoms with Crippen LogP contribution in [0.4, 0.5) is 13.2 Å². The Labute approximate surface area is 337 Å². The third-order valence-electron chi connectivity index (χ3n) is 10.0. The molecule has 0 fully saturated rings. The number of ketones is 1. The normalized spacial score (nSPS) is 12.7. The monoisotopic (exact) mass is 793 g/mol. The van der Waals surface area contributed by atoms with Crippen molar-refractivity contribution in [1.82, 2.24) is 15.3 Å². The van der Waals surface area contributed by atoms with Crippen molar-refractivity contribution in [2.75, 3.05) is 6.61 Å². The fourth-order valence-corrected chi connectivity index (χ4v) is 6.51. The Morgan fingerprint density at radius 3 is 1.88 bits per heavy atom. The highest BCUT2D eigenvalue weighted by Crippen LogP contribution is 2.31. The summed E-state index contributed by atoms with van der Waals surface area (Å²) < 4.78 is 45.4. The van der Waals surface area contributed by atoms with Crippen molar-refractivity contribution in [3.05, 3.63) is 137 Å². The number of carbonyl (C=O) groups excluding carboxylic acids is 2. The lowest BCUT2D eigenvalue weighted by Crippen LogP contribution is -2.39. The van der Waals surface area contributed by atoms with Crippen molar-refractivity contribution >= 4 is 17.7 Å². The van der Waals surface area contributed by atoms with Crippen LogP contribution in [0.25, 0.3) is 22.5 Å². The first kappa shape index (κ1) is 43.3. The Balaban J connectivity index is 1.29. The second-order valence-electron chi connectivity index (χ2n) is 15.5. The van der Waals surface area contributed by atoms with Crippen molar-refractivity contribution in [2.45, 2.75) is 90.3 Å². The highest BCUT2D eigenvalue weighted by Gasteiger charge is 2.32. The van der Waals surface area contributed by atoms with Crippen molar-refractivity contribution in [2.24, 2.45) is 5.92 Å². The van der Waals surface area contributed by atoms with Gasteiger partial charge in [0.25, 0.3) is 0 Å². The lowest BCUT2D eigenvalue weighted by molar-refractivity contribution is -0.142. The Morgan fingerprint density at radius 2 is 1.31 bits per heavy atom. The minimum absolute atomic E-state index is 0.0402. The average Bonchev–Trinajstić information content (AvgIpc) is 3.21. The Morgan fingerprint density at radius 1 is 0.724 bits per heavy atom. The fourth-order valence-electron chi connectivity index (χ4n) is 6.51. The van der Waals surface area contributed by atoms with Gasteiger partial charge >= 0.3 is 12.1 Å². The van der Waals surface area contributed by atoms with E-state index in [0.29, 0.717) is 23.6 Å². The minimum Gasteiger partial charge on any atom is -0.494 e. The van der Waals surface area contributed by atoms with Crippen LogP contribution in [0.2, 0.25) is 0 Å². The molecule has 1 heterocycles. The molecule has 0 saturated carbocycles. The molecule has 0 radical (unpaired) electrons. The van der Waals surface area contributed by atoms with Crippen LogP contribution >= 0.6 is 0 Å². The molecule has 0 aliphatic rings. The Kier molecular flexibility index (Phi) is 14.6. The van der Waals surface area contributed by atoms with E-state index in [0.717, 1.165) is 65.1 Å². The third kappa shape index (κ3) is 12.1. The lowest BCUT2D eigenvalue weighted by atomic mass is 9.85. The van der Waals surface area contributed by atoms with E-state index >= 15 is 0 Å². The van der Waals surface area contributed by atoms with E-state index < -0.39 is 35.6 Å². The van der Waals surface area contributed by atoms with Gasteiger partial charge in [0.05, 0.1) is 12.2 Å². The number of carboxylic acids is 1. The number of carbonyl (C=O) groups is 3. The summed E-state index contributed by atoms with van der Waals surface area (Å²) in [5, 5.41) is 12.5. The van der Waals surface area contributed by atoms with Crippen LogP contribution < -0.4 is 10.1 Å². The van der Waals surface area contributed by atoms with Gasteiger partial charge in [-0.25, -0.2) is 14.8 Å². The number of carboxylic acid groups (broad SMARTS) is 1. The van der Waals surface area contributed by atoms with Gasteiger partial charge in [0.1, 0.15) is 5.75 Å².